The molecule has 0 aromatic carbocycles. The summed E-state index contributed by atoms with van der Waals surface area (Å²) >= 11 is 0. The van der Waals surface area contributed by atoms with Gasteiger partial charge in [-0.2, -0.15) is 5.26 Å². The predicted octanol–water partition coefficient (Wildman–Crippen LogP) is 0.643. The number of carbonyl (C=O) groups is 1. The Hall–Kier alpha value is -1.89. The van der Waals surface area contributed by atoms with Gasteiger partial charge in [-0.25, -0.2) is 0 Å². The summed E-state index contributed by atoms with van der Waals surface area (Å²) in [5, 5.41) is 10.7. The van der Waals surface area contributed by atoms with Gasteiger partial charge in [0.1, 0.15) is 6.54 Å². The van der Waals surface area contributed by atoms with Gasteiger partial charge in [-0.3, -0.25) is 9.78 Å². The van der Waals surface area contributed by atoms with Gasteiger partial charge in [-0.1, -0.05) is 0 Å². The monoisotopic (exact) mass is 175 g/mol. The highest BCUT2D eigenvalue weighted by molar-refractivity contribution is 5.94. The first kappa shape index (κ1) is 9.20. The molecule has 0 saturated heterocycles. The number of nitrogens with zero attached hydrogens (tertiary/aromatic N) is 2. The van der Waals surface area contributed by atoms with Crippen molar-refractivity contribution in [2.75, 3.05) is 6.54 Å². The number of nitrogens with one attached hydrogen (secondary N) is 1. The van der Waals surface area contributed by atoms with Gasteiger partial charge in [-0.15, -0.1) is 0 Å². The molecule has 4 heteroatoms. The molecule has 1 aromatic heterocycles. The summed E-state index contributed by atoms with van der Waals surface area (Å²) in [6.45, 7) is 1.88. The van der Waals surface area contributed by atoms with Gasteiger partial charge in [0.05, 0.1) is 11.6 Å². The topological polar surface area (TPSA) is 65.8 Å². The minimum Gasteiger partial charge on any atom is -0.339 e. The van der Waals surface area contributed by atoms with E-state index in [0.717, 1.165) is 5.56 Å². The molecule has 0 aliphatic heterocycles. The average Bonchev–Trinajstić information content (AvgIpc) is 2.14. The van der Waals surface area contributed by atoms with Crippen LogP contribution >= 0.6 is 0 Å². The van der Waals surface area contributed by atoms with Crippen molar-refractivity contribution in [3.05, 3.63) is 29.6 Å². The summed E-state index contributed by atoms with van der Waals surface area (Å²) in [4.78, 5) is 15.1. The number of rotatable bonds is 2. The van der Waals surface area contributed by atoms with Crippen LogP contribution < -0.4 is 5.32 Å². The van der Waals surface area contributed by atoms with Crippen molar-refractivity contribution in [2.45, 2.75) is 6.92 Å². The molecule has 0 fully saturated rings. The van der Waals surface area contributed by atoms with E-state index in [-0.39, 0.29) is 12.5 Å². The van der Waals surface area contributed by atoms with E-state index in [9.17, 15) is 4.79 Å². The molecule has 0 spiro atoms. The van der Waals surface area contributed by atoms with Gasteiger partial charge in [0.2, 0.25) is 0 Å². The van der Waals surface area contributed by atoms with E-state index in [1.54, 1.807) is 12.3 Å². The van der Waals surface area contributed by atoms with Crippen LogP contribution in [0.3, 0.4) is 0 Å². The Morgan fingerprint density at radius 1 is 1.69 bits per heavy atom. The molecular weight excluding hydrogens is 166 g/mol. The fourth-order valence-corrected chi connectivity index (χ4v) is 0.901. The fourth-order valence-electron chi connectivity index (χ4n) is 0.901. The zero-order valence-electron chi connectivity index (χ0n) is 7.24. The minimum atomic E-state index is -0.266. The van der Waals surface area contributed by atoms with Crippen LogP contribution in [0.1, 0.15) is 15.9 Å². The van der Waals surface area contributed by atoms with E-state index in [4.69, 9.17) is 5.26 Å². The molecule has 1 heterocycles. The Labute approximate surface area is 76.2 Å². The second-order valence-corrected chi connectivity index (χ2v) is 2.59. The molecule has 4 nitrogen and oxygen atoms in total. The maximum Gasteiger partial charge on any atom is 0.253 e. The fraction of sp³-hybridized carbons (Fsp3) is 0.222. The molecule has 0 unspecified atom stereocenters. The van der Waals surface area contributed by atoms with Crippen molar-refractivity contribution in [1.29, 1.82) is 5.26 Å². The van der Waals surface area contributed by atoms with Crippen LogP contribution in [0.5, 0.6) is 0 Å². The SMILES string of the molecule is Cc1cncc(C(=O)NCC#N)c1. The standard InChI is InChI=1S/C9H9N3O/c1-7-4-8(6-11-5-7)9(13)12-3-2-10/h4-6H,3H2,1H3,(H,12,13). The Balaban J connectivity index is 2.72. The number of carbonyl (C=O) groups excluding carboxylic acids is 1. The maximum absolute atomic E-state index is 11.3. The zero-order valence-corrected chi connectivity index (χ0v) is 7.24. The number of aromatic nitrogens is 1. The molecule has 66 valence electrons. The second kappa shape index (κ2) is 4.21. The van der Waals surface area contributed by atoms with Crippen LogP contribution in [-0.4, -0.2) is 17.4 Å². The summed E-state index contributed by atoms with van der Waals surface area (Å²) in [7, 11) is 0. The van der Waals surface area contributed by atoms with E-state index < -0.39 is 0 Å². The van der Waals surface area contributed by atoms with E-state index in [0.29, 0.717) is 5.56 Å². The zero-order chi connectivity index (χ0) is 9.68. The quantitative estimate of drug-likeness (QED) is 0.671. The van der Waals surface area contributed by atoms with Crippen molar-refractivity contribution >= 4 is 5.91 Å². The van der Waals surface area contributed by atoms with Crippen molar-refractivity contribution in [1.82, 2.24) is 10.3 Å². The molecule has 0 aliphatic rings. The van der Waals surface area contributed by atoms with E-state index >= 15 is 0 Å². The third kappa shape index (κ3) is 2.56. The Morgan fingerprint density at radius 2 is 2.46 bits per heavy atom. The Kier molecular flexibility index (Phi) is 2.98. The molecule has 1 N–H and O–H groups in total. The predicted molar refractivity (Wildman–Crippen MR) is 46.9 cm³/mol. The van der Waals surface area contributed by atoms with Crippen LogP contribution in [0, 0.1) is 18.3 Å². The van der Waals surface area contributed by atoms with Crippen molar-refractivity contribution in [3.63, 3.8) is 0 Å². The van der Waals surface area contributed by atoms with Crippen LogP contribution in [0.15, 0.2) is 18.5 Å². The van der Waals surface area contributed by atoms with E-state index in [1.165, 1.54) is 6.20 Å². The molecule has 1 rings (SSSR count). The number of amides is 1. The molecule has 1 amide bonds. The van der Waals surface area contributed by atoms with Gasteiger partial charge in [0.25, 0.3) is 5.91 Å². The number of hydrogen-bond acceptors (Lipinski definition) is 3. The third-order valence-corrected chi connectivity index (χ3v) is 1.47. The molecule has 0 aliphatic carbocycles. The van der Waals surface area contributed by atoms with Crippen LogP contribution in [-0.2, 0) is 0 Å². The summed E-state index contributed by atoms with van der Waals surface area (Å²) in [6, 6.07) is 3.55. The highest BCUT2D eigenvalue weighted by atomic mass is 16.1. The maximum atomic E-state index is 11.3. The van der Waals surface area contributed by atoms with Crippen molar-refractivity contribution in [3.8, 4) is 6.07 Å². The van der Waals surface area contributed by atoms with Crippen molar-refractivity contribution < 1.29 is 4.79 Å². The van der Waals surface area contributed by atoms with E-state index in [1.807, 2.05) is 13.0 Å². The van der Waals surface area contributed by atoms with Crippen LogP contribution in [0.25, 0.3) is 0 Å². The summed E-state index contributed by atoms with van der Waals surface area (Å²) < 4.78 is 0. The lowest BCUT2D eigenvalue weighted by Crippen LogP contribution is -2.23. The third-order valence-electron chi connectivity index (χ3n) is 1.47. The van der Waals surface area contributed by atoms with Crippen LogP contribution in [0.4, 0.5) is 0 Å². The lowest BCUT2D eigenvalue weighted by molar-refractivity contribution is 0.0958. The highest BCUT2D eigenvalue weighted by Crippen LogP contribution is 2.00. The largest absolute Gasteiger partial charge is 0.339 e. The lowest BCUT2D eigenvalue weighted by atomic mass is 10.2. The van der Waals surface area contributed by atoms with Gasteiger partial charge in [0, 0.05) is 12.4 Å². The van der Waals surface area contributed by atoms with Gasteiger partial charge < -0.3 is 5.32 Å². The molecule has 1 aromatic rings. The molecule has 0 atom stereocenters. The first-order valence-corrected chi connectivity index (χ1v) is 3.81. The minimum absolute atomic E-state index is 0.0206. The summed E-state index contributed by atoms with van der Waals surface area (Å²) in [5.41, 5.74) is 1.40. The Morgan fingerprint density at radius 3 is 3.08 bits per heavy atom. The van der Waals surface area contributed by atoms with Crippen molar-refractivity contribution in [2.24, 2.45) is 0 Å². The molecule has 0 radical (unpaired) electrons. The molecule has 0 saturated carbocycles. The molecular formula is C9H9N3O. The van der Waals surface area contributed by atoms with Gasteiger partial charge in [-0.05, 0) is 18.6 Å². The lowest BCUT2D eigenvalue weighted by Gasteiger charge is -2.00. The summed E-state index contributed by atoms with van der Waals surface area (Å²) in [6.07, 6.45) is 3.14. The van der Waals surface area contributed by atoms with E-state index in [2.05, 4.69) is 10.3 Å². The number of hydrogen-bond donors (Lipinski definition) is 1. The number of nitriles is 1. The number of aryl methyl sites for hydroxylation is 1. The summed E-state index contributed by atoms with van der Waals surface area (Å²) in [5.74, 6) is -0.266. The number of pyridine rings is 1. The van der Waals surface area contributed by atoms with Gasteiger partial charge in [0.15, 0.2) is 0 Å². The normalized spacial score (nSPS) is 8.92. The average molecular weight is 175 g/mol. The Bertz CT molecular complexity index is 354. The first-order valence-electron chi connectivity index (χ1n) is 3.81. The molecule has 0 bridgehead atoms. The smallest absolute Gasteiger partial charge is 0.253 e. The highest BCUT2D eigenvalue weighted by Gasteiger charge is 2.03. The second-order valence-electron chi connectivity index (χ2n) is 2.59. The first-order chi connectivity index (χ1) is 6.24. The van der Waals surface area contributed by atoms with Gasteiger partial charge >= 0.3 is 0 Å². The molecule has 13 heavy (non-hydrogen) atoms. The van der Waals surface area contributed by atoms with Crippen LogP contribution in [0.2, 0.25) is 0 Å².